The summed E-state index contributed by atoms with van der Waals surface area (Å²) < 4.78 is 15.7. The van der Waals surface area contributed by atoms with Crippen molar-refractivity contribution in [2.75, 3.05) is 39.6 Å². The van der Waals surface area contributed by atoms with Gasteiger partial charge in [-0.1, -0.05) is 0 Å². The molecule has 0 spiro atoms. The molecule has 2 saturated heterocycles. The van der Waals surface area contributed by atoms with Crippen LogP contribution < -0.4 is 9.47 Å². The summed E-state index contributed by atoms with van der Waals surface area (Å²) in [6.45, 7) is 4.15. The molecule has 0 aliphatic carbocycles. The molecule has 0 radical (unpaired) electrons. The molecule has 0 N–H and O–H groups in total. The molecule has 8 heteroatoms. The van der Waals surface area contributed by atoms with Gasteiger partial charge < -0.3 is 24.0 Å². The van der Waals surface area contributed by atoms with Gasteiger partial charge in [0.1, 0.15) is 0 Å². The van der Waals surface area contributed by atoms with Gasteiger partial charge in [0, 0.05) is 31.7 Å². The zero-order valence-electron chi connectivity index (χ0n) is 15.9. The summed E-state index contributed by atoms with van der Waals surface area (Å²) in [7, 11) is 0. The molecule has 1 aromatic rings. The van der Waals surface area contributed by atoms with Crippen LogP contribution in [0.2, 0.25) is 0 Å². The summed E-state index contributed by atoms with van der Waals surface area (Å²) in [5.41, 5.74) is 0.524. The molecule has 4 rings (SSSR count). The van der Waals surface area contributed by atoms with Crippen molar-refractivity contribution < 1.29 is 28.6 Å². The van der Waals surface area contributed by atoms with Crippen LogP contribution >= 0.6 is 0 Å². The number of piperidine rings is 1. The van der Waals surface area contributed by atoms with Crippen molar-refractivity contribution >= 4 is 17.8 Å². The lowest BCUT2D eigenvalue weighted by Crippen LogP contribution is -2.57. The molecule has 1 aromatic carbocycles. The van der Waals surface area contributed by atoms with Crippen LogP contribution in [0.4, 0.5) is 0 Å². The number of hydrogen-bond donors (Lipinski definition) is 0. The summed E-state index contributed by atoms with van der Waals surface area (Å²) >= 11 is 0. The van der Waals surface area contributed by atoms with Crippen LogP contribution in [0.25, 0.3) is 0 Å². The molecule has 1 atom stereocenters. The molecule has 150 valence electrons. The first-order valence-corrected chi connectivity index (χ1v) is 9.71. The van der Waals surface area contributed by atoms with Gasteiger partial charge in [-0.2, -0.15) is 0 Å². The van der Waals surface area contributed by atoms with Crippen LogP contribution in [0.3, 0.4) is 0 Å². The van der Waals surface area contributed by atoms with Crippen molar-refractivity contribution in [3.63, 3.8) is 0 Å². The van der Waals surface area contributed by atoms with Gasteiger partial charge in [0.15, 0.2) is 11.5 Å². The number of benzene rings is 1. The van der Waals surface area contributed by atoms with Crippen LogP contribution in [-0.2, 0) is 14.3 Å². The van der Waals surface area contributed by atoms with Crippen LogP contribution in [0.5, 0.6) is 11.5 Å². The van der Waals surface area contributed by atoms with Crippen molar-refractivity contribution in [1.29, 1.82) is 0 Å². The van der Waals surface area contributed by atoms with Gasteiger partial charge in [-0.3, -0.25) is 14.4 Å². The molecule has 0 aromatic heterocycles. The second-order valence-corrected chi connectivity index (χ2v) is 7.35. The zero-order valence-corrected chi connectivity index (χ0v) is 15.9. The molecule has 3 aliphatic heterocycles. The number of rotatable bonds is 4. The summed E-state index contributed by atoms with van der Waals surface area (Å²) in [4.78, 5) is 40.8. The monoisotopic (exact) mass is 388 g/mol. The van der Waals surface area contributed by atoms with E-state index in [0.717, 1.165) is 12.8 Å². The van der Waals surface area contributed by atoms with Gasteiger partial charge in [0.2, 0.25) is 12.7 Å². The Morgan fingerprint density at radius 2 is 1.82 bits per heavy atom. The number of carbonyl (C=O) groups excluding carboxylic acids is 3. The lowest BCUT2D eigenvalue weighted by molar-refractivity contribution is -0.152. The third-order valence-electron chi connectivity index (χ3n) is 5.49. The first-order chi connectivity index (χ1) is 13.6. The van der Waals surface area contributed by atoms with Gasteiger partial charge in [-0.05, 0) is 38.0 Å². The fourth-order valence-electron chi connectivity index (χ4n) is 3.90. The summed E-state index contributed by atoms with van der Waals surface area (Å²) in [5, 5.41) is 0. The summed E-state index contributed by atoms with van der Waals surface area (Å²) in [6.07, 6.45) is 1.55. The van der Waals surface area contributed by atoms with Crippen LogP contribution in [-0.4, -0.2) is 67.2 Å². The summed E-state index contributed by atoms with van der Waals surface area (Å²) in [6, 6.07) is 5.11. The number of esters is 1. The van der Waals surface area contributed by atoms with Gasteiger partial charge in [0.25, 0.3) is 5.91 Å². The molecular formula is C20H24N2O6. The fraction of sp³-hybridized carbons (Fsp3) is 0.550. The molecule has 28 heavy (non-hydrogen) atoms. The minimum Gasteiger partial charge on any atom is -0.466 e. The average Bonchev–Trinajstić information content (AvgIpc) is 3.14. The molecule has 2 amide bonds. The number of amides is 2. The van der Waals surface area contributed by atoms with Gasteiger partial charge >= 0.3 is 5.97 Å². The largest absolute Gasteiger partial charge is 0.466 e. The van der Waals surface area contributed by atoms with E-state index in [4.69, 9.17) is 14.2 Å². The maximum Gasteiger partial charge on any atom is 0.310 e. The molecule has 0 saturated carbocycles. The number of hydrogen-bond acceptors (Lipinski definition) is 6. The normalized spacial score (nSPS) is 21.2. The van der Waals surface area contributed by atoms with Crippen molar-refractivity contribution in [3.05, 3.63) is 23.8 Å². The maximum atomic E-state index is 12.8. The first-order valence-electron chi connectivity index (χ1n) is 9.71. The highest BCUT2D eigenvalue weighted by Crippen LogP contribution is 2.33. The van der Waals surface area contributed by atoms with Crippen molar-refractivity contribution in [2.24, 2.45) is 11.8 Å². The predicted molar refractivity (Wildman–Crippen MR) is 97.9 cm³/mol. The molecule has 8 nitrogen and oxygen atoms in total. The van der Waals surface area contributed by atoms with E-state index in [1.807, 2.05) is 0 Å². The standard InChI is InChI=1S/C20H24N2O6/c1-2-26-20(25)14-4-3-7-21(9-14)19(24)15-10-22(11-15)18(23)13-5-6-16-17(8-13)28-12-27-16/h5-6,8,14-15H,2-4,7,9-12H2,1H3/t14-/m1/s1. The second kappa shape index (κ2) is 7.69. The molecule has 0 unspecified atom stereocenters. The van der Waals surface area contributed by atoms with E-state index in [0.29, 0.717) is 49.8 Å². The first kappa shape index (κ1) is 18.6. The maximum absolute atomic E-state index is 12.8. The van der Waals surface area contributed by atoms with Crippen molar-refractivity contribution in [1.82, 2.24) is 9.80 Å². The number of nitrogens with zero attached hydrogens (tertiary/aromatic N) is 2. The number of likely N-dealkylation sites (tertiary alicyclic amines) is 2. The van der Waals surface area contributed by atoms with E-state index in [1.165, 1.54) is 0 Å². The Hall–Kier alpha value is -2.77. The molecular weight excluding hydrogens is 364 g/mol. The summed E-state index contributed by atoms with van der Waals surface area (Å²) in [5.74, 6) is 0.414. The molecule has 0 bridgehead atoms. The highest BCUT2D eigenvalue weighted by atomic mass is 16.7. The van der Waals surface area contributed by atoms with E-state index in [1.54, 1.807) is 34.9 Å². The topological polar surface area (TPSA) is 85.4 Å². The number of fused-ring (bicyclic) bond motifs is 1. The SMILES string of the molecule is CCOC(=O)[C@@H]1CCCN(C(=O)C2CN(C(=O)c3ccc4c(c3)OCO4)C2)C1. The Balaban J connectivity index is 1.31. The Morgan fingerprint density at radius 3 is 2.61 bits per heavy atom. The molecule has 3 aliphatic rings. The van der Waals surface area contributed by atoms with Gasteiger partial charge in [0.05, 0.1) is 18.4 Å². The van der Waals surface area contributed by atoms with Crippen LogP contribution in [0, 0.1) is 11.8 Å². The third kappa shape index (κ3) is 3.50. The average molecular weight is 388 g/mol. The number of ether oxygens (including phenoxy) is 3. The van der Waals surface area contributed by atoms with E-state index in [9.17, 15) is 14.4 Å². The minimum atomic E-state index is -0.246. The lowest BCUT2D eigenvalue weighted by atomic mass is 9.93. The van der Waals surface area contributed by atoms with E-state index in [-0.39, 0.29) is 36.4 Å². The number of carbonyl (C=O) groups is 3. The predicted octanol–water partition coefficient (Wildman–Crippen LogP) is 1.29. The van der Waals surface area contributed by atoms with Crippen LogP contribution in [0.1, 0.15) is 30.1 Å². The second-order valence-electron chi connectivity index (χ2n) is 7.35. The van der Waals surface area contributed by atoms with E-state index < -0.39 is 0 Å². The zero-order chi connectivity index (χ0) is 19.7. The van der Waals surface area contributed by atoms with E-state index in [2.05, 4.69) is 0 Å². The van der Waals surface area contributed by atoms with Gasteiger partial charge in [-0.15, -0.1) is 0 Å². The molecule has 3 heterocycles. The fourth-order valence-corrected chi connectivity index (χ4v) is 3.90. The minimum absolute atomic E-state index is 0.0173. The molecule has 2 fully saturated rings. The van der Waals surface area contributed by atoms with Crippen molar-refractivity contribution in [2.45, 2.75) is 19.8 Å². The van der Waals surface area contributed by atoms with Gasteiger partial charge in [-0.25, -0.2) is 0 Å². The van der Waals surface area contributed by atoms with E-state index >= 15 is 0 Å². The Morgan fingerprint density at radius 1 is 1.07 bits per heavy atom. The third-order valence-corrected chi connectivity index (χ3v) is 5.49. The quantitative estimate of drug-likeness (QED) is 0.723. The Kier molecular flexibility index (Phi) is 5.11. The highest BCUT2D eigenvalue weighted by Gasteiger charge is 2.40. The lowest BCUT2D eigenvalue weighted by Gasteiger charge is -2.42. The van der Waals surface area contributed by atoms with Crippen molar-refractivity contribution in [3.8, 4) is 11.5 Å². The highest BCUT2D eigenvalue weighted by molar-refractivity contribution is 5.96. The smallest absolute Gasteiger partial charge is 0.310 e. The Labute approximate surface area is 163 Å². The van der Waals surface area contributed by atoms with Crippen LogP contribution in [0.15, 0.2) is 18.2 Å². The Bertz CT molecular complexity index is 789.